The van der Waals surface area contributed by atoms with Gasteiger partial charge in [0.1, 0.15) is 0 Å². The summed E-state index contributed by atoms with van der Waals surface area (Å²) in [7, 11) is 1.84. The predicted molar refractivity (Wildman–Crippen MR) is 81.1 cm³/mol. The molecule has 5 nitrogen and oxygen atoms in total. The van der Waals surface area contributed by atoms with Crippen LogP contribution in [0, 0.1) is 11.3 Å². The van der Waals surface area contributed by atoms with Gasteiger partial charge in [-0.3, -0.25) is 4.79 Å². The van der Waals surface area contributed by atoms with E-state index in [4.69, 9.17) is 0 Å². The minimum absolute atomic E-state index is 0.117. The molecular formula is C16H28N2O3. The molecule has 2 rings (SSSR count). The summed E-state index contributed by atoms with van der Waals surface area (Å²) in [5.41, 5.74) is -0.823. The zero-order valence-electron chi connectivity index (χ0n) is 13.4. The first-order valence-electron chi connectivity index (χ1n) is 8.11. The zero-order valence-corrected chi connectivity index (χ0v) is 13.4. The van der Waals surface area contributed by atoms with Crippen molar-refractivity contribution >= 4 is 12.0 Å². The molecule has 4 unspecified atom stereocenters. The number of hydrogen-bond donors (Lipinski definition) is 2. The van der Waals surface area contributed by atoms with Gasteiger partial charge in [0.15, 0.2) is 0 Å². The smallest absolute Gasteiger partial charge is 0.317 e. The lowest BCUT2D eigenvalue weighted by molar-refractivity contribution is -0.148. The fourth-order valence-corrected chi connectivity index (χ4v) is 3.82. The number of rotatable bonds is 3. The van der Waals surface area contributed by atoms with Crippen LogP contribution in [0.25, 0.3) is 0 Å². The molecular weight excluding hydrogens is 268 g/mol. The monoisotopic (exact) mass is 296 g/mol. The number of carboxylic acids is 1. The van der Waals surface area contributed by atoms with Gasteiger partial charge in [0.2, 0.25) is 0 Å². The molecule has 2 aliphatic rings. The van der Waals surface area contributed by atoms with E-state index in [0.29, 0.717) is 12.3 Å². The molecule has 2 aliphatic carbocycles. The van der Waals surface area contributed by atoms with Gasteiger partial charge in [0.05, 0.1) is 5.41 Å². The number of urea groups is 1. The Hall–Kier alpha value is -1.26. The summed E-state index contributed by atoms with van der Waals surface area (Å²) < 4.78 is 0. The van der Waals surface area contributed by atoms with Gasteiger partial charge in [0.25, 0.3) is 0 Å². The molecule has 2 amide bonds. The summed E-state index contributed by atoms with van der Waals surface area (Å²) in [4.78, 5) is 25.7. The average Bonchev–Trinajstić information content (AvgIpc) is 2.80. The minimum atomic E-state index is -0.823. The fraction of sp³-hybridized carbons (Fsp3) is 0.875. The van der Waals surface area contributed by atoms with E-state index in [9.17, 15) is 14.7 Å². The van der Waals surface area contributed by atoms with E-state index >= 15 is 0 Å². The normalized spacial score (nSPS) is 36.2. The van der Waals surface area contributed by atoms with Gasteiger partial charge in [-0.15, -0.1) is 0 Å². The van der Waals surface area contributed by atoms with Gasteiger partial charge in [-0.05, 0) is 38.5 Å². The maximum absolute atomic E-state index is 12.4. The standard InChI is InChI=1S/C16H28N2O3/c1-11-6-4-7-12(10-11)18(3)15(21)17-13-8-5-9-16(13,2)14(19)20/h11-13H,4-10H2,1-3H3,(H,17,21)(H,19,20). The van der Waals surface area contributed by atoms with Crippen molar-refractivity contribution in [3.05, 3.63) is 0 Å². The van der Waals surface area contributed by atoms with Crippen molar-refractivity contribution < 1.29 is 14.7 Å². The molecule has 0 bridgehead atoms. The van der Waals surface area contributed by atoms with Crippen LogP contribution in [0.1, 0.15) is 58.8 Å². The van der Waals surface area contributed by atoms with Crippen LogP contribution in [0.15, 0.2) is 0 Å². The number of carbonyl (C=O) groups is 2. The molecule has 5 heteroatoms. The van der Waals surface area contributed by atoms with Crippen LogP contribution in [-0.4, -0.2) is 41.1 Å². The highest BCUT2D eigenvalue weighted by atomic mass is 16.4. The molecule has 0 spiro atoms. The lowest BCUT2D eigenvalue weighted by Gasteiger charge is -2.36. The van der Waals surface area contributed by atoms with Crippen LogP contribution < -0.4 is 5.32 Å². The van der Waals surface area contributed by atoms with E-state index < -0.39 is 11.4 Å². The molecule has 0 radical (unpaired) electrons. The van der Waals surface area contributed by atoms with Crippen LogP contribution in [-0.2, 0) is 4.79 Å². The number of nitrogens with one attached hydrogen (secondary N) is 1. The summed E-state index contributed by atoms with van der Waals surface area (Å²) in [6.07, 6.45) is 6.75. The lowest BCUT2D eigenvalue weighted by atomic mass is 9.85. The number of amides is 2. The summed E-state index contributed by atoms with van der Waals surface area (Å²) in [5, 5.41) is 12.4. The van der Waals surface area contributed by atoms with E-state index in [-0.39, 0.29) is 18.1 Å². The molecule has 2 saturated carbocycles. The second-order valence-electron chi connectivity index (χ2n) is 7.15. The molecule has 0 saturated heterocycles. The predicted octanol–water partition coefficient (Wildman–Crippen LogP) is 2.85. The first-order chi connectivity index (χ1) is 9.84. The minimum Gasteiger partial charge on any atom is -0.481 e. The third kappa shape index (κ3) is 3.33. The van der Waals surface area contributed by atoms with Crippen molar-refractivity contribution in [2.24, 2.45) is 11.3 Å². The van der Waals surface area contributed by atoms with E-state index in [0.717, 1.165) is 25.7 Å². The molecule has 0 heterocycles. The van der Waals surface area contributed by atoms with Gasteiger partial charge in [-0.1, -0.05) is 26.2 Å². The van der Waals surface area contributed by atoms with Gasteiger partial charge in [-0.2, -0.15) is 0 Å². The highest BCUT2D eigenvalue weighted by Gasteiger charge is 2.46. The second kappa shape index (κ2) is 6.24. The Kier molecular flexibility index (Phi) is 4.79. The number of aliphatic carboxylic acids is 1. The number of hydrogen-bond acceptors (Lipinski definition) is 2. The highest BCUT2D eigenvalue weighted by Crippen LogP contribution is 2.38. The summed E-state index contributed by atoms with van der Waals surface area (Å²) in [6, 6.07) is -0.0920. The van der Waals surface area contributed by atoms with Crippen molar-refractivity contribution in [3.63, 3.8) is 0 Å². The van der Waals surface area contributed by atoms with Crippen molar-refractivity contribution in [2.75, 3.05) is 7.05 Å². The number of carbonyl (C=O) groups excluding carboxylic acids is 1. The Bertz CT molecular complexity index is 412. The van der Waals surface area contributed by atoms with Gasteiger partial charge in [0, 0.05) is 19.1 Å². The molecule has 0 aromatic rings. The molecule has 0 aliphatic heterocycles. The molecule has 2 fully saturated rings. The average molecular weight is 296 g/mol. The van der Waals surface area contributed by atoms with Crippen LogP contribution in [0.2, 0.25) is 0 Å². The molecule has 4 atom stereocenters. The second-order valence-corrected chi connectivity index (χ2v) is 7.15. The third-order valence-corrected chi connectivity index (χ3v) is 5.52. The van der Waals surface area contributed by atoms with Crippen LogP contribution in [0.5, 0.6) is 0 Å². The molecule has 120 valence electrons. The van der Waals surface area contributed by atoms with Crippen LogP contribution in [0.3, 0.4) is 0 Å². The molecule has 0 aromatic carbocycles. The Balaban J connectivity index is 1.96. The third-order valence-electron chi connectivity index (χ3n) is 5.52. The van der Waals surface area contributed by atoms with Gasteiger partial charge in [-0.25, -0.2) is 4.79 Å². The SMILES string of the molecule is CC1CCCC(N(C)C(=O)NC2CCCC2(C)C(=O)O)C1. The van der Waals surface area contributed by atoms with Gasteiger partial charge < -0.3 is 15.3 Å². The van der Waals surface area contributed by atoms with Crippen molar-refractivity contribution in [3.8, 4) is 0 Å². The van der Waals surface area contributed by atoms with E-state index in [1.165, 1.54) is 12.8 Å². The maximum Gasteiger partial charge on any atom is 0.317 e. The van der Waals surface area contributed by atoms with Gasteiger partial charge >= 0.3 is 12.0 Å². The van der Waals surface area contributed by atoms with Crippen molar-refractivity contribution in [2.45, 2.75) is 70.9 Å². The largest absolute Gasteiger partial charge is 0.481 e. The summed E-state index contributed by atoms with van der Waals surface area (Å²) in [5.74, 6) is -0.144. The number of nitrogens with zero attached hydrogens (tertiary/aromatic N) is 1. The fourth-order valence-electron chi connectivity index (χ4n) is 3.82. The number of carboxylic acid groups (broad SMARTS) is 1. The van der Waals surface area contributed by atoms with E-state index in [2.05, 4.69) is 12.2 Å². The Labute approximate surface area is 127 Å². The first kappa shape index (κ1) is 16.1. The molecule has 21 heavy (non-hydrogen) atoms. The quantitative estimate of drug-likeness (QED) is 0.841. The highest BCUT2D eigenvalue weighted by molar-refractivity contribution is 5.79. The zero-order chi connectivity index (χ0) is 15.6. The van der Waals surface area contributed by atoms with E-state index in [1.807, 2.05) is 7.05 Å². The summed E-state index contributed by atoms with van der Waals surface area (Å²) >= 11 is 0. The van der Waals surface area contributed by atoms with Crippen molar-refractivity contribution in [1.82, 2.24) is 10.2 Å². The first-order valence-corrected chi connectivity index (χ1v) is 8.11. The topological polar surface area (TPSA) is 69.6 Å². The Morgan fingerprint density at radius 1 is 1.24 bits per heavy atom. The molecule has 2 N–H and O–H groups in total. The lowest BCUT2D eigenvalue weighted by Crippen LogP contribution is -2.53. The Morgan fingerprint density at radius 2 is 1.95 bits per heavy atom. The van der Waals surface area contributed by atoms with E-state index in [1.54, 1.807) is 11.8 Å². The Morgan fingerprint density at radius 3 is 2.57 bits per heavy atom. The van der Waals surface area contributed by atoms with Crippen LogP contribution >= 0.6 is 0 Å². The molecule has 0 aromatic heterocycles. The van der Waals surface area contributed by atoms with Crippen LogP contribution in [0.4, 0.5) is 4.79 Å². The van der Waals surface area contributed by atoms with Crippen molar-refractivity contribution in [1.29, 1.82) is 0 Å². The maximum atomic E-state index is 12.4. The summed E-state index contributed by atoms with van der Waals surface area (Å²) in [6.45, 7) is 3.98.